The predicted octanol–water partition coefficient (Wildman–Crippen LogP) is 0.805. The third-order valence-corrected chi connectivity index (χ3v) is 7.20. The molecule has 0 aromatic rings. The van der Waals surface area contributed by atoms with Gasteiger partial charge in [-0.2, -0.15) is 0 Å². The van der Waals surface area contributed by atoms with Crippen LogP contribution < -0.4 is 0 Å². The zero-order valence-electron chi connectivity index (χ0n) is 18.8. The van der Waals surface area contributed by atoms with Crippen molar-refractivity contribution in [3.05, 3.63) is 0 Å². The fraction of sp³-hybridized carbons (Fsp3) is 0.909. The number of amides is 2. The Morgan fingerprint density at radius 3 is 2.28 bits per heavy atom. The van der Waals surface area contributed by atoms with E-state index in [1.54, 1.807) is 0 Å². The molecule has 0 aromatic heterocycles. The van der Waals surface area contributed by atoms with E-state index in [9.17, 15) is 9.59 Å². The first-order valence-corrected chi connectivity index (χ1v) is 11.7. The molecule has 1 atom stereocenters. The van der Waals surface area contributed by atoms with Crippen LogP contribution in [0.2, 0.25) is 0 Å². The minimum Gasteiger partial charge on any atom is -0.343 e. The normalized spacial score (nSPS) is 25.6. The molecule has 3 fully saturated rings. The van der Waals surface area contributed by atoms with Crippen molar-refractivity contribution in [3.63, 3.8) is 0 Å². The molecular formula is C22H41N5O2. The van der Waals surface area contributed by atoms with Gasteiger partial charge in [-0.15, -0.1) is 0 Å². The number of likely N-dealkylation sites (tertiary alicyclic amines) is 2. The second-order valence-corrected chi connectivity index (χ2v) is 9.22. The highest BCUT2D eigenvalue weighted by Crippen LogP contribution is 2.25. The minimum atomic E-state index is 0.163. The van der Waals surface area contributed by atoms with Crippen molar-refractivity contribution < 1.29 is 9.59 Å². The fourth-order valence-corrected chi connectivity index (χ4v) is 4.91. The Bertz CT molecular complexity index is 541. The minimum absolute atomic E-state index is 0.163. The first-order valence-electron chi connectivity index (χ1n) is 11.7. The van der Waals surface area contributed by atoms with Crippen molar-refractivity contribution in [1.82, 2.24) is 24.5 Å². The van der Waals surface area contributed by atoms with E-state index in [1.165, 1.54) is 0 Å². The maximum Gasteiger partial charge on any atom is 0.227 e. The van der Waals surface area contributed by atoms with Crippen LogP contribution in [0.5, 0.6) is 0 Å². The summed E-state index contributed by atoms with van der Waals surface area (Å²) in [4.78, 5) is 36.7. The highest BCUT2D eigenvalue weighted by atomic mass is 16.2. The molecule has 0 N–H and O–H groups in total. The van der Waals surface area contributed by atoms with Crippen LogP contribution >= 0.6 is 0 Å². The first-order chi connectivity index (χ1) is 14.0. The molecule has 0 unspecified atom stereocenters. The largest absolute Gasteiger partial charge is 0.343 e. The van der Waals surface area contributed by atoms with Crippen LogP contribution in [0.3, 0.4) is 0 Å². The van der Waals surface area contributed by atoms with Gasteiger partial charge in [-0.05, 0) is 52.9 Å². The number of piperazine rings is 1. The Morgan fingerprint density at radius 2 is 1.62 bits per heavy atom. The second-order valence-electron chi connectivity index (χ2n) is 9.22. The van der Waals surface area contributed by atoms with Crippen molar-refractivity contribution in [3.8, 4) is 0 Å². The summed E-state index contributed by atoms with van der Waals surface area (Å²) in [7, 11) is 4.19. The van der Waals surface area contributed by atoms with Crippen molar-refractivity contribution in [2.45, 2.75) is 45.1 Å². The van der Waals surface area contributed by atoms with Gasteiger partial charge in [0.25, 0.3) is 0 Å². The number of likely N-dealkylation sites (N-methyl/N-ethyl adjacent to an activating group) is 1. The molecular weight excluding hydrogens is 366 g/mol. The van der Waals surface area contributed by atoms with Crippen molar-refractivity contribution in [2.75, 3.05) is 79.5 Å². The molecule has 0 aromatic carbocycles. The van der Waals surface area contributed by atoms with Gasteiger partial charge in [0.15, 0.2) is 0 Å². The predicted molar refractivity (Wildman–Crippen MR) is 116 cm³/mol. The Labute approximate surface area is 177 Å². The van der Waals surface area contributed by atoms with Gasteiger partial charge in [0, 0.05) is 64.8 Å². The van der Waals surface area contributed by atoms with Crippen LogP contribution in [0.1, 0.15) is 39.0 Å². The van der Waals surface area contributed by atoms with Gasteiger partial charge in [-0.3, -0.25) is 14.5 Å². The molecule has 0 radical (unpaired) electrons. The van der Waals surface area contributed by atoms with Crippen LogP contribution in [0.4, 0.5) is 0 Å². The van der Waals surface area contributed by atoms with Crippen molar-refractivity contribution in [2.24, 2.45) is 5.92 Å². The highest BCUT2D eigenvalue weighted by Gasteiger charge is 2.34. The summed E-state index contributed by atoms with van der Waals surface area (Å²) in [6.07, 6.45) is 4.87. The molecule has 0 aliphatic carbocycles. The number of rotatable bonds is 6. The SMILES string of the molecule is CCN(C)CCC(=O)N1CCC(N2CCC[C@@H](C(=O)N3CCN(C)CC3)C2)CC1. The third kappa shape index (κ3) is 6.15. The number of hydrogen-bond donors (Lipinski definition) is 0. The zero-order chi connectivity index (χ0) is 20.8. The van der Waals surface area contributed by atoms with Gasteiger partial charge in [0.2, 0.25) is 11.8 Å². The van der Waals surface area contributed by atoms with E-state index in [2.05, 4.69) is 45.5 Å². The molecule has 29 heavy (non-hydrogen) atoms. The summed E-state index contributed by atoms with van der Waals surface area (Å²) in [5, 5.41) is 0. The van der Waals surface area contributed by atoms with Crippen LogP contribution in [0, 0.1) is 5.92 Å². The molecule has 0 saturated carbocycles. The molecule has 0 bridgehead atoms. The lowest BCUT2D eigenvalue weighted by Crippen LogP contribution is -2.54. The number of hydrogen-bond acceptors (Lipinski definition) is 5. The average Bonchev–Trinajstić information content (AvgIpc) is 2.77. The molecule has 3 aliphatic heterocycles. The highest BCUT2D eigenvalue weighted by molar-refractivity contribution is 5.79. The molecule has 0 spiro atoms. The third-order valence-electron chi connectivity index (χ3n) is 7.20. The lowest BCUT2D eigenvalue weighted by atomic mass is 9.92. The smallest absolute Gasteiger partial charge is 0.227 e. The quantitative estimate of drug-likeness (QED) is 0.652. The van der Waals surface area contributed by atoms with Gasteiger partial charge >= 0.3 is 0 Å². The number of piperidine rings is 2. The van der Waals surface area contributed by atoms with Gasteiger partial charge in [0.1, 0.15) is 0 Å². The van der Waals surface area contributed by atoms with Crippen LogP contribution in [-0.2, 0) is 9.59 Å². The van der Waals surface area contributed by atoms with Crippen LogP contribution in [-0.4, -0.2) is 122 Å². The second kappa shape index (κ2) is 10.7. The summed E-state index contributed by atoms with van der Waals surface area (Å²) in [6.45, 7) is 11.4. The standard InChI is InChI=1S/C22H41N5O2/c1-4-23(2)11-9-21(28)25-12-7-20(8-13-25)27-10-5-6-19(18-27)22(29)26-16-14-24(3)15-17-26/h19-20H,4-18H2,1-3H3/t19-/m1/s1. The molecule has 3 rings (SSSR count). The fourth-order valence-electron chi connectivity index (χ4n) is 4.91. The molecule has 2 amide bonds. The van der Waals surface area contributed by atoms with E-state index in [-0.39, 0.29) is 5.92 Å². The van der Waals surface area contributed by atoms with E-state index in [4.69, 9.17) is 0 Å². The van der Waals surface area contributed by atoms with Crippen LogP contribution in [0.25, 0.3) is 0 Å². The van der Waals surface area contributed by atoms with E-state index in [0.717, 1.165) is 91.1 Å². The lowest BCUT2D eigenvalue weighted by Gasteiger charge is -2.43. The Kier molecular flexibility index (Phi) is 8.33. The Morgan fingerprint density at radius 1 is 0.931 bits per heavy atom. The topological polar surface area (TPSA) is 50.3 Å². The summed E-state index contributed by atoms with van der Waals surface area (Å²) in [5.41, 5.74) is 0. The molecule has 166 valence electrons. The molecule has 3 aliphatic rings. The molecule has 7 heteroatoms. The molecule has 7 nitrogen and oxygen atoms in total. The van der Waals surface area contributed by atoms with E-state index < -0.39 is 0 Å². The molecule has 3 saturated heterocycles. The van der Waals surface area contributed by atoms with E-state index in [1.807, 2.05) is 0 Å². The maximum absolute atomic E-state index is 13.0. The van der Waals surface area contributed by atoms with Gasteiger partial charge in [0.05, 0.1) is 5.92 Å². The van der Waals surface area contributed by atoms with E-state index >= 15 is 0 Å². The van der Waals surface area contributed by atoms with Gasteiger partial charge in [-0.1, -0.05) is 6.92 Å². The summed E-state index contributed by atoms with van der Waals surface area (Å²) in [6, 6.07) is 0.528. The van der Waals surface area contributed by atoms with Crippen molar-refractivity contribution in [1.29, 1.82) is 0 Å². The van der Waals surface area contributed by atoms with Crippen molar-refractivity contribution >= 4 is 11.8 Å². The Hall–Kier alpha value is -1.18. The number of carbonyl (C=O) groups is 2. The molecule has 3 heterocycles. The summed E-state index contributed by atoms with van der Waals surface area (Å²) in [5.74, 6) is 0.831. The summed E-state index contributed by atoms with van der Waals surface area (Å²) >= 11 is 0. The Balaban J connectivity index is 1.43. The first kappa shape index (κ1) is 22.5. The monoisotopic (exact) mass is 407 g/mol. The van der Waals surface area contributed by atoms with E-state index in [0.29, 0.717) is 24.3 Å². The summed E-state index contributed by atoms with van der Waals surface area (Å²) < 4.78 is 0. The number of carbonyl (C=O) groups excluding carboxylic acids is 2. The lowest BCUT2D eigenvalue weighted by molar-refractivity contribution is -0.139. The maximum atomic E-state index is 13.0. The number of nitrogens with zero attached hydrogens (tertiary/aromatic N) is 5. The van der Waals surface area contributed by atoms with Crippen LogP contribution in [0.15, 0.2) is 0 Å². The van der Waals surface area contributed by atoms with Gasteiger partial charge in [-0.25, -0.2) is 0 Å². The van der Waals surface area contributed by atoms with Gasteiger partial charge < -0.3 is 19.6 Å². The average molecular weight is 408 g/mol. The zero-order valence-corrected chi connectivity index (χ0v) is 18.8.